The zero-order chi connectivity index (χ0) is 21.0. The van der Waals surface area contributed by atoms with Gasteiger partial charge in [0.05, 0.1) is 16.8 Å². The van der Waals surface area contributed by atoms with E-state index >= 15 is 0 Å². The molecule has 1 N–H and O–H groups in total. The molecule has 0 atom stereocenters. The molecule has 0 aliphatic heterocycles. The molecule has 10 heteroatoms. The quantitative estimate of drug-likeness (QED) is 0.500. The van der Waals surface area contributed by atoms with Crippen molar-refractivity contribution in [2.75, 3.05) is 6.54 Å². The van der Waals surface area contributed by atoms with E-state index in [0.717, 1.165) is 12.1 Å². The third-order valence-corrected chi connectivity index (χ3v) is 4.20. The van der Waals surface area contributed by atoms with Crippen LogP contribution in [0.2, 0.25) is 0 Å². The van der Waals surface area contributed by atoms with Crippen LogP contribution in [0.3, 0.4) is 0 Å². The Morgan fingerprint density at radius 2 is 1.90 bits per heavy atom. The molecule has 0 aliphatic rings. The molecule has 0 saturated heterocycles. The number of benzene rings is 2. The van der Waals surface area contributed by atoms with Crippen molar-refractivity contribution < 1.29 is 22.9 Å². The van der Waals surface area contributed by atoms with E-state index in [2.05, 4.69) is 10.3 Å². The number of nitro benzene ring substituents is 1. The van der Waals surface area contributed by atoms with Gasteiger partial charge in [-0.05, 0) is 36.2 Å². The highest BCUT2D eigenvalue weighted by Crippen LogP contribution is 2.29. The molecule has 0 spiro atoms. The van der Waals surface area contributed by atoms with Gasteiger partial charge in [0.1, 0.15) is 5.69 Å². The van der Waals surface area contributed by atoms with Gasteiger partial charge in [0, 0.05) is 30.6 Å². The fourth-order valence-electron chi connectivity index (χ4n) is 2.71. The molecule has 0 bridgehead atoms. The molecular weight excluding hydrogens is 389 g/mol. The maximum Gasteiger partial charge on any atom is 0.416 e. The number of hydrogen-bond acceptors (Lipinski definition) is 4. The normalized spacial score (nSPS) is 11.3. The second-order valence-corrected chi connectivity index (χ2v) is 6.13. The number of carbonyl (C=O) groups excluding carboxylic acids is 1. The van der Waals surface area contributed by atoms with E-state index in [1.165, 1.54) is 47.4 Å². The van der Waals surface area contributed by atoms with Gasteiger partial charge in [0.15, 0.2) is 0 Å². The van der Waals surface area contributed by atoms with Gasteiger partial charge in [-0.25, -0.2) is 4.98 Å². The van der Waals surface area contributed by atoms with E-state index in [4.69, 9.17) is 0 Å². The van der Waals surface area contributed by atoms with Gasteiger partial charge < -0.3 is 9.88 Å². The van der Waals surface area contributed by atoms with E-state index in [9.17, 15) is 28.1 Å². The van der Waals surface area contributed by atoms with Gasteiger partial charge in [0.2, 0.25) is 0 Å². The molecule has 1 amide bonds. The lowest BCUT2D eigenvalue weighted by Crippen LogP contribution is -2.25. The molecular formula is C19H15F3N4O3. The fourth-order valence-corrected chi connectivity index (χ4v) is 2.71. The number of amides is 1. The van der Waals surface area contributed by atoms with Crippen LogP contribution in [0.1, 0.15) is 21.5 Å². The van der Waals surface area contributed by atoms with Gasteiger partial charge in [-0.15, -0.1) is 0 Å². The third kappa shape index (κ3) is 4.78. The molecule has 0 unspecified atom stereocenters. The second kappa shape index (κ2) is 8.13. The van der Waals surface area contributed by atoms with Crippen LogP contribution < -0.4 is 5.32 Å². The molecule has 0 saturated carbocycles. The zero-order valence-corrected chi connectivity index (χ0v) is 14.9. The van der Waals surface area contributed by atoms with Crippen LogP contribution in [-0.2, 0) is 12.6 Å². The lowest BCUT2D eigenvalue weighted by Gasteiger charge is -2.09. The molecule has 0 aliphatic carbocycles. The van der Waals surface area contributed by atoms with Gasteiger partial charge in [0.25, 0.3) is 11.6 Å². The Labute approximate surface area is 163 Å². The number of halogens is 3. The average molecular weight is 404 g/mol. The lowest BCUT2D eigenvalue weighted by atomic mass is 10.1. The minimum atomic E-state index is -4.40. The van der Waals surface area contributed by atoms with Gasteiger partial charge in [-0.2, -0.15) is 13.2 Å². The summed E-state index contributed by atoms with van der Waals surface area (Å²) in [6.45, 7) is 0.168. The highest BCUT2D eigenvalue weighted by atomic mass is 19.4. The van der Waals surface area contributed by atoms with Crippen LogP contribution in [-0.4, -0.2) is 26.9 Å². The van der Waals surface area contributed by atoms with Crippen molar-refractivity contribution in [3.63, 3.8) is 0 Å². The fraction of sp³-hybridized carbons (Fsp3) is 0.158. The van der Waals surface area contributed by atoms with Crippen LogP contribution in [0.15, 0.2) is 61.2 Å². The van der Waals surface area contributed by atoms with E-state index in [1.807, 2.05) is 0 Å². The second-order valence-electron chi connectivity index (χ2n) is 6.13. The number of nitro groups is 1. The summed E-state index contributed by atoms with van der Waals surface area (Å²) >= 11 is 0. The number of nitrogens with zero attached hydrogens (tertiary/aromatic N) is 3. The number of aromatic nitrogens is 2. The van der Waals surface area contributed by atoms with Gasteiger partial charge in [-0.3, -0.25) is 14.9 Å². The van der Waals surface area contributed by atoms with Crippen LogP contribution in [0.5, 0.6) is 0 Å². The topological polar surface area (TPSA) is 90.1 Å². The predicted octanol–water partition coefficient (Wildman–Crippen LogP) is 3.77. The van der Waals surface area contributed by atoms with Crippen molar-refractivity contribution in [3.05, 3.63) is 88.0 Å². The molecule has 0 radical (unpaired) electrons. The van der Waals surface area contributed by atoms with E-state index in [0.29, 0.717) is 12.0 Å². The van der Waals surface area contributed by atoms with Gasteiger partial charge >= 0.3 is 6.18 Å². The molecule has 0 fully saturated rings. The largest absolute Gasteiger partial charge is 0.416 e. The van der Waals surface area contributed by atoms with E-state index in [1.54, 1.807) is 6.20 Å². The SMILES string of the molecule is O=C(NCCc1ccc(C(F)(F)F)cc1)c1ccc(-n2ccnc2)c([N+](=O)[O-])c1. The summed E-state index contributed by atoms with van der Waals surface area (Å²) in [7, 11) is 0. The zero-order valence-electron chi connectivity index (χ0n) is 14.9. The molecule has 2 aromatic carbocycles. The summed E-state index contributed by atoms with van der Waals surface area (Å²) in [5, 5.41) is 14.0. The van der Waals surface area contributed by atoms with Crippen LogP contribution in [0, 0.1) is 10.1 Å². The maximum atomic E-state index is 12.6. The first-order chi connectivity index (χ1) is 13.8. The summed E-state index contributed by atoms with van der Waals surface area (Å²) in [5.41, 5.74) is 0.00971. The summed E-state index contributed by atoms with van der Waals surface area (Å²) in [4.78, 5) is 26.9. The number of imidazole rings is 1. The Balaban J connectivity index is 1.65. The molecule has 3 rings (SSSR count). The molecule has 1 aromatic heterocycles. The smallest absolute Gasteiger partial charge is 0.352 e. The number of hydrogen-bond donors (Lipinski definition) is 1. The first-order valence-corrected chi connectivity index (χ1v) is 8.47. The Bertz CT molecular complexity index is 1020. The number of carbonyl (C=O) groups is 1. The maximum absolute atomic E-state index is 12.6. The minimum absolute atomic E-state index is 0.105. The minimum Gasteiger partial charge on any atom is -0.352 e. The summed E-state index contributed by atoms with van der Waals surface area (Å²) in [5.74, 6) is -0.516. The highest BCUT2D eigenvalue weighted by Gasteiger charge is 2.29. The average Bonchev–Trinajstić information content (AvgIpc) is 3.21. The summed E-state index contributed by atoms with van der Waals surface area (Å²) in [6, 6.07) is 8.73. The summed E-state index contributed by atoms with van der Waals surface area (Å²) < 4.78 is 39.2. The Morgan fingerprint density at radius 3 is 2.48 bits per heavy atom. The molecule has 29 heavy (non-hydrogen) atoms. The molecule has 3 aromatic rings. The molecule has 1 heterocycles. The predicted molar refractivity (Wildman–Crippen MR) is 97.7 cm³/mol. The number of rotatable bonds is 6. The Kier molecular flexibility index (Phi) is 5.62. The standard InChI is InChI=1S/C19H15F3N4O3/c20-19(21,22)15-4-1-13(2-5-15)7-8-24-18(27)14-3-6-16(17(11-14)26(28)29)25-10-9-23-12-25/h1-6,9-12H,7-8H2,(H,24,27). The number of alkyl halides is 3. The lowest BCUT2D eigenvalue weighted by molar-refractivity contribution is -0.384. The number of nitrogens with one attached hydrogen (secondary N) is 1. The Morgan fingerprint density at radius 1 is 1.17 bits per heavy atom. The highest BCUT2D eigenvalue weighted by molar-refractivity contribution is 5.95. The molecule has 150 valence electrons. The van der Waals surface area contributed by atoms with Crippen molar-refractivity contribution >= 4 is 11.6 Å². The van der Waals surface area contributed by atoms with Gasteiger partial charge in [-0.1, -0.05) is 12.1 Å². The van der Waals surface area contributed by atoms with Crippen molar-refractivity contribution in [1.82, 2.24) is 14.9 Å². The summed E-state index contributed by atoms with van der Waals surface area (Å²) in [6.07, 6.45) is 0.354. The van der Waals surface area contributed by atoms with Crippen LogP contribution in [0.4, 0.5) is 18.9 Å². The van der Waals surface area contributed by atoms with E-state index in [-0.39, 0.29) is 23.5 Å². The van der Waals surface area contributed by atoms with Crippen LogP contribution in [0.25, 0.3) is 5.69 Å². The monoisotopic (exact) mass is 404 g/mol. The van der Waals surface area contributed by atoms with Crippen molar-refractivity contribution in [1.29, 1.82) is 0 Å². The Hall–Kier alpha value is -3.69. The van der Waals surface area contributed by atoms with Crippen LogP contribution >= 0.6 is 0 Å². The first kappa shape index (κ1) is 20.1. The van der Waals surface area contributed by atoms with Crippen molar-refractivity contribution in [2.24, 2.45) is 0 Å². The van der Waals surface area contributed by atoms with E-state index < -0.39 is 22.6 Å². The van der Waals surface area contributed by atoms with Crippen molar-refractivity contribution in [2.45, 2.75) is 12.6 Å². The molecule has 7 nitrogen and oxygen atoms in total. The third-order valence-electron chi connectivity index (χ3n) is 4.20. The first-order valence-electron chi connectivity index (χ1n) is 8.47. The van der Waals surface area contributed by atoms with Crippen molar-refractivity contribution in [3.8, 4) is 5.69 Å².